The summed E-state index contributed by atoms with van der Waals surface area (Å²) in [5, 5.41) is 12.4. The van der Waals surface area contributed by atoms with E-state index in [1.165, 1.54) is 0 Å². The number of aliphatic carboxylic acids is 1. The molecule has 0 spiro atoms. The Kier molecular flexibility index (Phi) is 3.20. The first-order valence-corrected chi connectivity index (χ1v) is 5.40. The minimum atomic E-state index is -0.688. The largest absolute Gasteiger partial charge is 0.480 e. The SMILES string of the molecule is CCNC1(C(=O)O)CCCC(C)(C)C1. The van der Waals surface area contributed by atoms with E-state index in [0.717, 1.165) is 32.2 Å². The van der Waals surface area contributed by atoms with E-state index in [4.69, 9.17) is 0 Å². The van der Waals surface area contributed by atoms with Crippen molar-refractivity contribution in [2.75, 3.05) is 6.54 Å². The van der Waals surface area contributed by atoms with E-state index in [1.54, 1.807) is 0 Å². The second kappa shape index (κ2) is 3.89. The highest BCUT2D eigenvalue weighted by molar-refractivity contribution is 5.79. The van der Waals surface area contributed by atoms with Crippen LogP contribution in [0.3, 0.4) is 0 Å². The van der Waals surface area contributed by atoms with Gasteiger partial charge in [-0.1, -0.05) is 27.2 Å². The number of carboxylic acid groups (broad SMARTS) is 1. The summed E-state index contributed by atoms with van der Waals surface area (Å²) in [5.41, 5.74) is -0.519. The zero-order valence-electron chi connectivity index (χ0n) is 9.39. The zero-order valence-corrected chi connectivity index (χ0v) is 9.39. The molecular formula is C11H21NO2. The van der Waals surface area contributed by atoms with Crippen LogP contribution in [0.15, 0.2) is 0 Å². The molecule has 0 aromatic rings. The van der Waals surface area contributed by atoms with Crippen LogP contribution in [0.4, 0.5) is 0 Å². The van der Waals surface area contributed by atoms with Crippen molar-refractivity contribution in [1.82, 2.24) is 5.32 Å². The van der Waals surface area contributed by atoms with Crippen molar-refractivity contribution in [3.8, 4) is 0 Å². The van der Waals surface area contributed by atoms with E-state index in [9.17, 15) is 9.90 Å². The van der Waals surface area contributed by atoms with Gasteiger partial charge >= 0.3 is 5.97 Å². The molecule has 1 aliphatic rings. The molecular weight excluding hydrogens is 178 g/mol. The minimum absolute atomic E-state index is 0.152. The maximum Gasteiger partial charge on any atom is 0.323 e. The van der Waals surface area contributed by atoms with E-state index in [1.807, 2.05) is 6.92 Å². The predicted octanol–water partition coefficient (Wildman–Crippen LogP) is 2.02. The van der Waals surface area contributed by atoms with E-state index < -0.39 is 11.5 Å². The van der Waals surface area contributed by atoms with Gasteiger partial charge in [0.1, 0.15) is 5.54 Å². The van der Waals surface area contributed by atoms with Gasteiger partial charge in [-0.2, -0.15) is 0 Å². The van der Waals surface area contributed by atoms with Crippen molar-refractivity contribution >= 4 is 5.97 Å². The van der Waals surface area contributed by atoms with Crippen LogP contribution >= 0.6 is 0 Å². The zero-order chi connectivity index (χ0) is 10.8. The van der Waals surface area contributed by atoms with E-state index >= 15 is 0 Å². The number of nitrogens with one attached hydrogen (secondary N) is 1. The van der Waals surface area contributed by atoms with Crippen LogP contribution in [-0.2, 0) is 4.79 Å². The second-order valence-corrected chi connectivity index (χ2v) is 5.11. The smallest absolute Gasteiger partial charge is 0.323 e. The van der Waals surface area contributed by atoms with Crippen molar-refractivity contribution in [2.45, 2.75) is 52.0 Å². The Morgan fingerprint density at radius 3 is 2.50 bits per heavy atom. The summed E-state index contributed by atoms with van der Waals surface area (Å²) in [4.78, 5) is 11.3. The van der Waals surface area contributed by atoms with Gasteiger partial charge in [0.05, 0.1) is 0 Å². The lowest BCUT2D eigenvalue weighted by atomic mass is 9.68. The molecule has 0 aromatic carbocycles. The van der Waals surface area contributed by atoms with Gasteiger partial charge in [-0.3, -0.25) is 4.79 Å². The van der Waals surface area contributed by atoms with Gasteiger partial charge < -0.3 is 10.4 Å². The van der Waals surface area contributed by atoms with Crippen LogP contribution in [0, 0.1) is 5.41 Å². The molecule has 0 bridgehead atoms. The molecule has 3 heteroatoms. The standard InChI is InChI=1S/C11H21NO2/c1-4-12-11(9(13)14)7-5-6-10(2,3)8-11/h12H,4-8H2,1-3H3,(H,13,14). The average Bonchev–Trinajstić information content (AvgIpc) is 2.02. The number of carbonyl (C=O) groups is 1. The van der Waals surface area contributed by atoms with Gasteiger partial charge in [0, 0.05) is 0 Å². The Morgan fingerprint density at radius 2 is 2.07 bits per heavy atom. The molecule has 14 heavy (non-hydrogen) atoms. The summed E-state index contributed by atoms with van der Waals surface area (Å²) in [6, 6.07) is 0. The average molecular weight is 199 g/mol. The minimum Gasteiger partial charge on any atom is -0.480 e. The molecule has 0 aromatic heterocycles. The fourth-order valence-corrected chi connectivity index (χ4v) is 2.61. The maximum atomic E-state index is 11.3. The number of rotatable bonds is 3. The summed E-state index contributed by atoms with van der Waals surface area (Å²) >= 11 is 0. The first-order valence-electron chi connectivity index (χ1n) is 5.40. The highest BCUT2D eigenvalue weighted by Gasteiger charge is 2.44. The molecule has 1 rings (SSSR count). The lowest BCUT2D eigenvalue weighted by molar-refractivity contribution is -0.148. The van der Waals surface area contributed by atoms with Crippen molar-refractivity contribution < 1.29 is 9.90 Å². The molecule has 2 N–H and O–H groups in total. The predicted molar refractivity (Wildman–Crippen MR) is 56.3 cm³/mol. The Bertz CT molecular complexity index is 221. The molecule has 0 amide bonds. The first-order chi connectivity index (χ1) is 6.42. The van der Waals surface area contributed by atoms with Crippen molar-refractivity contribution in [1.29, 1.82) is 0 Å². The normalized spacial score (nSPS) is 31.4. The monoisotopic (exact) mass is 199 g/mol. The maximum absolute atomic E-state index is 11.3. The molecule has 0 saturated heterocycles. The molecule has 0 heterocycles. The third-order valence-electron chi connectivity index (χ3n) is 3.16. The Balaban J connectivity index is 2.82. The highest BCUT2D eigenvalue weighted by atomic mass is 16.4. The fourth-order valence-electron chi connectivity index (χ4n) is 2.61. The Hall–Kier alpha value is -0.570. The molecule has 0 aliphatic heterocycles. The van der Waals surface area contributed by atoms with E-state index in [0.29, 0.717) is 0 Å². The molecule has 82 valence electrons. The van der Waals surface area contributed by atoms with Gasteiger partial charge in [-0.15, -0.1) is 0 Å². The molecule has 1 aliphatic carbocycles. The number of hydrogen-bond acceptors (Lipinski definition) is 2. The summed E-state index contributed by atoms with van der Waals surface area (Å²) < 4.78 is 0. The van der Waals surface area contributed by atoms with Crippen molar-refractivity contribution in [3.05, 3.63) is 0 Å². The number of carboxylic acids is 1. The number of likely N-dealkylation sites (N-methyl/N-ethyl adjacent to an activating group) is 1. The molecule has 1 unspecified atom stereocenters. The summed E-state index contributed by atoms with van der Waals surface area (Å²) in [5.74, 6) is -0.688. The Morgan fingerprint density at radius 1 is 1.43 bits per heavy atom. The van der Waals surface area contributed by atoms with Crippen molar-refractivity contribution in [3.63, 3.8) is 0 Å². The van der Waals surface area contributed by atoms with Gasteiger partial charge in [0.25, 0.3) is 0 Å². The van der Waals surface area contributed by atoms with Gasteiger partial charge in [0.15, 0.2) is 0 Å². The van der Waals surface area contributed by atoms with Crippen LogP contribution in [-0.4, -0.2) is 23.2 Å². The van der Waals surface area contributed by atoms with E-state index in [2.05, 4.69) is 19.2 Å². The fraction of sp³-hybridized carbons (Fsp3) is 0.909. The third kappa shape index (κ3) is 2.27. The molecule has 1 saturated carbocycles. The third-order valence-corrected chi connectivity index (χ3v) is 3.16. The van der Waals surface area contributed by atoms with Gasteiger partial charge in [-0.25, -0.2) is 0 Å². The second-order valence-electron chi connectivity index (χ2n) is 5.11. The van der Waals surface area contributed by atoms with Crippen LogP contribution in [0.25, 0.3) is 0 Å². The van der Waals surface area contributed by atoms with Crippen LogP contribution in [0.2, 0.25) is 0 Å². The number of hydrogen-bond donors (Lipinski definition) is 2. The van der Waals surface area contributed by atoms with Crippen molar-refractivity contribution in [2.24, 2.45) is 5.41 Å². The van der Waals surface area contributed by atoms with Gasteiger partial charge in [0.2, 0.25) is 0 Å². The summed E-state index contributed by atoms with van der Waals surface area (Å²) in [6.07, 6.45) is 3.64. The quantitative estimate of drug-likeness (QED) is 0.731. The van der Waals surface area contributed by atoms with Crippen LogP contribution in [0.5, 0.6) is 0 Å². The molecule has 1 atom stereocenters. The highest BCUT2D eigenvalue weighted by Crippen LogP contribution is 2.41. The summed E-state index contributed by atoms with van der Waals surface area (Å²) in [7, 11) is 0. The topological polar surface area (TPSA) is 49.3 Å². The molecule has 0 radical (unpaired) electrons. The van der Waals surface area contributed by atoms with Crippen LogP contribution in [0.1, 0.15) is 46.5 Å². The first kappa shape index (κ1) is 11.5. The Labute approximate surface area is 85.9 Å². The van der Waals surface area contributed by atoms with Crippen LogP contribution < -0.4 is 5.32 Å². The lowest BCUT2D eigenvalue weighted by Crippen LogP contribution is -2.56. The molecule has 3 nitrogen and oxygen atoms in total. The lowest BCUT2D eigenvalue weighted by Gasteiger charge is -2.42. The van der Waals surface area contributed by atoms with E-state index in [-0.39, 0.29) is 5.41 Å². The molecule has 1 fully saturated rings. The summed E-state index contributed by atoms with van der Waals surface area (Å²) in [6.45, 7) is 7.00. The van der Waals surface area contributed by atoms with Gasteiger partial charge in [-0.05, 0) is 31.2 Å².